The van der Waals surface area contributed by atoms with Gasteiger partial charge in [-0.05, 0) is 19.1 Å². The van der Waals surface area contributed by atoms with Gasteiger partial charge in [0.15, 0.2) is 12.4 Å². The number of rotatable bonds is 6. The molecule has 8 nitrogen and oxygen atoms in total. The molecule has 0 aliphatic rings. The van der Waals surface area contributed by atoms with Gasteiger partial charge in [-0.1, -0.05) is 31.1 Å². The highest BCUT2D eigenvalue weighted by molar-refractivity contribution is 6.07. The third kappa shape index (κ3) is 4.27. The van der Waals surface area contributed by atoms with Crippen molar-refractivity contribution in [3.63, 3.8) is 0 Å². The summed E-state index contributed by atoms with van der Waals surface area (Å²) in [6, 6.07) is 6.46. The zero-order chi connectivity index (χ0) is 19.3. The zero-order valence-corrected chi connectivity index (χ0v) is 15.0. The number of nitrogens with one attached hydrogen (secondary N) is 1. The SMILES string of the molecule is COc1ccccc1C(=O)NC(=O)COC(=O)c1c(C)noc1C(C)C. The lowest BCUT2D eigenvalue weighted by molar-refractivity contribution is -0.123. The highest BCUT2D eigenvalue weighted by Crippen LogP contribution is 2.23. The Morgan fingerprint density at radius 1 is 1.23 bits per heavy atom. The van der Waals surface area contributed by atoms with Crippen molar-refractivity contribution in [2.75, 3.05) is 13.7 Å². The predicted octanol–water partition coefficient (Wildman–Crippen LogP) is 2.23. The minimum atomic E-state index is -0.755. The normalized spacial score (nSPS) is 10.5. The van der Waals surface area contributed by atoms with E-state index in [0.29, 0.717) is 17.2 Å². The molecule has 0 aliphatic heterocycles. The summed E-state index contributed by atoms with van der Waals surface area (Å²) < 4.78 is 15.2. The van der Waals surface area contributed by atoms with Crippen LogP contribution in [0.3, 0.4) is 0 Å². The standard InChI is InChI=1S/C18H20N2O6/c1-10(2)16-15(11(3)20-26-16)18(23)25-9-14(21)19-17(22)12-7-5-6-8-13(12)24-4/h5-8,10H,9H2,1-4H3,(H,19,21,22). The first-order chi connectivity index (χ1) is 12.3. The Morgan fingerprint density at radius 2 is 1.92 bits per heavy atom. The largest absolute Gasteiger partial charge is 0.496 e. The second-order valence-electron chi connectivity index (χ2n) is 5.82. The number of benzene rings is 1. The van der Waals surface area contributed by atoms with Crippen LogP contribution >= 0.6 is 0 Å². The molecule has 0 saturated heterocycles. The van der Waals surface area contributed by atoms with Crippen LogP contribution in [-0.2, 0) is 9.53 Å². The minimum Gasteiger partial charge on any atom is -0.496 e. The van der Waals surface area contributed by atoms with Gasteiger partial charge in [-0.25, -0.2) is 4.79 Å². The number of ether oxygens (including phenoxy) is 2. The van der Waals surface area contributed by atoms with Crippen molar-refractivity contribution in [2.45, 2.75) is 26.7 Å². The number of imide groups is 1. The molecule has 2 aromatic rings. The van der Waals surface area contributed by atoms with Gasteiger partial charge < -0.3 is 14.0 Å². The van der Waals surface area contributed by atoms with Gasteiger partial charge in [0.05, 0.1) is 18.4 Å². The number of nitrogens with zero attached hydrogens (tertiary/aromatic N) is 1. The maximum atomic E-state index is 12.2. The first-order valence-electron chi connectivity index (χ1n) is 7.95. The van der Waals surface area contributed by atoms with Crippen LogP contribution < -0.4 is 10.1 Å². The van der Waals surface area contributed by atoms with Crippen LogP contribution in [0.1, 0.15) is 51.9 Å². The van der Waals surface area contributed by atoms with Gasteiger partial charge in [0, 0.05) is 5.92 Å². The Balaban J connectivity index is 1.98. The molecular formula is C18H20N2O6. The lowest BCUT2D eigenvalue weighted by Gasteiger charge is -2.09. The lowest BCUT2D eigenvalue weighted by atomic mass is 10.1. The third-order valence-corrected chi connectivity index (χ3v) is 3.56. The molecule has 2 amide bonds. The minimum absolute atomic E-state index is 0.0697. The van der Waals surface area contributed by atoms with Gasteiger partial charge in [-0.3, -0.25) is 14.9 Å². The number of aryl methyl sites for hydroxylation is 1. The van der Waals surface area contributed by atoms with Gasteiger partial charge in [0.2, 0.25) is 0 Å². The van der Waals surface area contributed by atoms with Gasteiger partial charge in [0.1, 0.15) is 11.3 Å². The Labute approximate surface area is 150 Å². The summed E-state index contributed by atoms with van der Waals surface area (Å²) in [5.74, 6) is -1.48. The van der Waals surface area contributed by atoms with E-state index in [1.807, 2.05) is 13.8 Å². The molecule has 26 heavy (non-hydrogen) atoms. The predicted molar refractivity (Wildman–Crippen MR) is 91.1 cm³/mol. The number of para-hydroxylation sites is 1. The number of carbonyl (C=O) groups is 3. The van der Waals surface area contributed by atoms with Crippen LogP contribution in [0, 0.1) is 6.92 Å². The molecule has 1 aromatic heterocycles. The van der Waals surface area contributed by atoms with E-state index in [4.69, 9.17) is 14.0 Å². The van der Waals surface area contributed by atoms with Crippen LogP contribution in [0.25, 0.3) is 0 Å². The van der Waals surface area contributed by atoms with E-state index in [1.54, 1.807) is 25.1 Å². The van der Waals surface area contributed by atoms with Crippen LogP contribution in [0.5, 0.6) is 5.75 Å². The molecule has 138 valence electrons. The number of carbonyl (C=O) groups excluding carboxylic acids is 3. The average Bonchev–Trinajstić information content (AvgIpc) is 3.01. The Morgan fingerprint density at radius 3 is 2.58 bits per heavy atom. The van der Waals surface area contributed by atoms with Crippen molar-refractivity contribution >= 4 is 17.8 Å². The number of esters is 1. The molecule has 0 fully saturated rings. The molecule has 0 aliphatic carbocycles. The van der Waals surface area contributed by atoms with Crippen molar-refractivity contribution < 1.29 is 28.4 Å². The summed E-state index contributed by atoms with van der Waals surface area (Å²) in [5.41, 5.74) is 0.778. The number of methoxy groups -OCH3 is 1. The van der Waals surface area contributed by atoms with E-state index in [0.717, 1.165) is 0 Å². The van der Waals surface area contributed by atoms with E-state index in [1.165, 1.54) is 13.2 Å². The van der Waals surface area contributed by atoms with E-state index >= 15 is 0 Å². The number of hydrogen-bond acceptors (Lipinski definition) is 7. The molecule has 0 spiro atoms. The Bertz CT molecular complexity index is 825. The second-order valence-corrected chi connectivity index (χ2v) is 5.82. The van der Waals surface area contributed by atoms with Crippen LogP contribution in [-0.4, -0.2) is 36.7 Å². The van der Waals surface area contributed by atoms with E-state index in [-0.39, 0.29) is 17.0 Å². The van der Waals surface area contributed by atoms with Crippen molar-refractivity contribution in [3.8, 4) is 5.75 Å². The Hall–Kier alpha value is -3.16. The molecule has 0 unspecified atom stereocenters. The molecule has 1 aromatic carbocycles. The summed E-state index contributed by atoms with van der Waals surface area (Å²) in [7, 11) is 1.42. The second kappa shape index (κ2) is 8.28. The molecule has 1 N–H and O–H groups in total. The van der Waals surface area contributed by atoms with Gasteiger partial charge in [-0.15, -0.1) is 0 Å². The first kappa shape index (κ1) is 19.2. The van der Waals surface area contributed by atoms with Gasteiger partial charge in [-0.2, -0.15) is 0 Å². The summed E-state index contributed by atoms with van der Waals surface area (Å²) in [6.07, 6.45) is 0. The van der Waals surface area contributed by atoms with E-state index < -0.39 is 24.4 Å². The van der Waals surface area contributed by atoms with Crippen molar-refractivity contribution in [3.05, 3.63) is 46.8 Å². The fraction of sp³-hybridized carbons (Fsp3) is 0.333. The number of aromatic nitrogens is 1. The average molecular weight is 360 g/mol. The Kier molecular flexibility index (Phi) is 6.11. The van der Waals surface area contributed by atoms with Crippen LogP contribution in [0.4, 0.5) is 0 Å². The zero-order valence-electron chi connectivity index (χ0n) is 15.0. The molecule has 1 heterocycles. The van der Waals surface area contributed by atoms with Crippen molar-refractivity contribution in [1.82, 2.24) is 10.5 Å². The third-order valence-electron chi connectivity index (χ3n) is 3.56. The molecule has 0 atom stereocenters. The first-order valence-corrected chi connectivity index (χ1v) is 7.95. The van der Waals surface area contributed by atoms with E-state index in [9.17, 15) is 14.4 Å². The summed E-state index contributed by atoms with van der Waals surface area (Å²) in [6.45, 7) is 4.68. The quantitative estimate of drug-likeness (QED) is 0.787. The molecule has 8 heteroatoms. The van der Waals surface area contributed by atoms with Gasteiger partial charge in [0.25, 0.3) is 11.8 Å². The van der Waals surface area contributed by atoms with Crippen LogP contribution in [0.2, 0.25) is 0 Å². The summed E-state index contributed by atoms with van der Waals surface area (Å²) in [5, 5.41) is 5.90. The monoisotopic (exact) mass is 360 g/mol. The highest BCUT2D eigenvalue weighted by atomic mass is 16.5. The highest BCUT2D eigenvalue weighted by Gasteiger charge is 2.25. The fourth-order valence-corrected chi connectivity index (χ4v) is 2.30. The summed E-state index contributed by atoms with van der Waals surface area (Å²) >= 11 is 0. The smallest absolute Gasteiger partial charge is 0.344 e. The van der Waals surface area contributed by atoms with E-state index in [2.05, 4.69) is 10.5 Å². The lowest BCUT2D eigenvalue weighted by Crippen LogP contribution is -2.34. The maximum absolute atomic E-state index is 12.2. The molecule has 0 bridgehead atoms. The number of amides is 2. The van der Waals surface area contributed by atoms with Crippen molar-refractivity contribution in [2.24, 2.45) is 0 Å². The fourth-order valence-electron chi connectivity index (χ4n) is 2.30. The van der Waals surface area contributed by atoms with Crippen molar-refractivity contribution in [1.29, 1.82) is 0 Å². The summed E-state index contributed by atoms with van der Waals surface area (Å²) in [4.78, 5) is 36.2. The van der Waals surface area contributed by atoms with Gasteiger partial charge >= 0.3 is 5.97 Å². The van der Waals surface area contributed by atoms with Crippen LogP contribution in [0.15, 0.2) is 28.8 Å². The molecular weight excluding hydrogens is 340 g/mol. The molecule has 0 saturated carbocycles. The molecule has 0 radical (unpaired) electrons. The topological polar surface area (TPSA) is 108 Å². The molecule has 2 rings (SSSR count). The maximum Gasteiger partial charge on any atom is 0.344 e. The number of hydrogen-bond donors (Lipinski definition) is 1.